The molecule has 0 unspecified atom stereocenters. The van der Waals surface area contributed by atoms with E-state index in [2.05, 4.69) is 5.32 Å². The van der Waals surface area contributed by atoms with Gasteiger partial charge in [-0.05, 0) is 32.0 Å². The SMILES string of the molecule is CCOc1ccc(C(C)=O)cc1NC(=O)CCl. The van der Waals surface area contributed by atoms with Crippen LogP contribution in [0.4, 0.5) is 5.69 Å². The van der Waals surface area contributed by atoms with E-state index >= 15 is 0 Å². The lowest BCUT2D eigenvalue weighted by Gasteiger charge is -2.11. The van der Waals surface area contributed by atoms with Crippen LogP contribution in [-0.2, 0) is 4.79 Å². The van der Waals surface area contributed by atoms with Crippen LogP contribution in [0.5, 0.6) is 5.75 Å². The first-order valence-corrected chi connectivity index (χ1v) is 5.75. The summed E-state index contributed by atoms with van der Waals surface area (Å²) in [6, 6.07) is 4.89. The predicted octanol–water partition coefficient (Wildman–Crippen LogP) is 2.47. The number of benzene rings is 1. The Kier molecular flexibility index (Phi) is 4.97. The summed E-state index contributed by atoms with van der Waals surface area (Å²) in [4.78, 5) is 22.5. The minimum atomic E-state index is -0.340. The summed E-state index contributed by atoms with van der Waals surface area (Å²) in [6.45, 7) is 3.78. The lowest BCUT2D eigenvalue weighted by atomic mass is 10.1. The average molecular weight is 256 g/mol. The van der Waals surface area contributed by atoms with E-state index in [9.17, 15) is 9.59 Å². The molecule has 0 fully saturated rings. The number of hydrogen-bond acceptors (Lipinski definition) is 3. The molecule has 0 aliphatic rings. The number of carbonyl (C=O) groups excluding carboxylic acids is 2. The zero-order valence-electron chi connectivity index (χ0n) is 9.75. The van der Waals surface area contributed by atoms with Gasteiger partial charge in [0.25, 0.3) is 0 Å². The molecule has 4 nitrogen and oxygen atoms in total. The second kappa shape index (κ2) is 6.25. The second-order valence-corrected chi connectivity index (χ2v) is 3.65. The van der Waals surface area contributed by atoms with Crippen LogP contribution in [-0.4, -0.2) is 24.2 Å². The monoisotopic (exact) mass is 255 g/mol. The quantitative estimate of drug-likeness (QED) is 0.650. The highest BCUT2D eigenvalue weighted by Crippen LogP contribution is 2.26. The summed E-state index contributed by atoms with van der Waals surface area (Å²) in [5, 5.41) is 2.59. The third-order valence-electron chi connectivity index (χ3n) is 2.08. The van der Waals surface area contributed by atoms with Crippen molar-refractivity contribution < 1.29 is 14.3 Å². The highest BCUT2D eigenvalue weighted by molar-refractivity contribution is 6.29. The van der Waals surface area contributed by atoms with Crippen molar-refractivity contribution >= 4 is 29.0 Å². The fraction of sp³-hybridized carbons (Fsp3) is 0.333. The van der Waals surface area contributed by atoms with Crippen LogP contribution in [0.15, 0.2) is 18.2 Å². The Morgan fingerprint density at radius 3 is 2.65 bits per heavy atom. The molecule has 17 heavy (non-hydrogen) atoms. The van der Waals surface area contributed by atoms with Gasteiger partial charge in [0.1, 0.15) is 11.6 Å². The molecule has 0 aliphatic carbocycles. The first-order valence-electron chi connectivity index (χ1n) is 5.22. The number of amides is 1. The molecule has 1 amide bonds. The minimum Gasteiger partial charge on any atom is -0.492 e. The fourth-order valence-electron chi connectivity index (χ4n) is 1.31. The molecule has 0 heterocycles. The molecule has 92 valence electrons. The highest BCUT2D eigenvalue weighted by atomic mass is 35.5. The van der Waals surface area contributed by atoms with Gasteiger partial charge in [0, 0.05) is 5.56 Å². The van der Waals surface area contributed by atoms with Crippen molar-refractivity contribution in [2.45, 2.75) is 13.8 Å². The van der Waals surface area contributed by atoms with Crippen LogP contribution in [0.25, 0.3) is 0 Å². The number of rotatable bonds is 5. The summed E-state index contributed by atoms with van der Waals surface area (Å²) >= 11 is 5.41. The molecule has 0 spiro atoms. The van der Waals surface area contributed by atoms with Crippen LogP contribution in [0.3, 0.4) is 0 Å². The van der Waals surface area contributed by atoms with E-state index in [1.54, 1.807) is 18.2 Å². The van der Waals surface area contributed by atoms with Gasteiger partial charge < -0.3 is 10.1 Å². The maximum Gasteiger partial charge on any atom is 0.239 e. The number of alkyl halides is 1. The zero-order chi connectivity index (χ0) is 12.8. The van der Waals surface area contributed by atoms with E-state index in [-0.39, 0.29) is 17.6 Å². The van der Waals surface area contributed by atoms with Gasteiger partial charge in [0.2, 0.25) is 5.91 Å². The summed E-state index contributed by atoms with van der Waals surface area (Å²) in [6.07, 6.45) is 0. The van der Waals surface area contributed by atoms with Crippen molar-refractivity contribution in [3.05, 3.63) is 23.8 Å². The van der Waals surface area contributed by atoms with Crippen LogP contribution in [0.1, 0.15) is 24.2 Å². The summed E-state index contributed by atoms with van der Waals surface area (Å²) in [5.74, 6) is -0.0331. The van der Waals surface area contributed by atoms with Gasteiger partial charge in [-0.15, -0.1) is 11.6 Å². The standard InChI is InChI=1S/C12H14ClNO3/c1-3-17-11-5-4-9(8(2)15)6-10(11)14-12(16)7-13/h4-6H,3,7H2,1-2H3,(H,14,16). The fourth-order valence-corrected chi connectivity index (χ4v) is 1.38. The third-order valence-corrected chi connectivity index (χ3v) is 2.32. The molecule has 0 radical (unpaired) electrons. The normalized spacial score (nSPS) is 9.82. The second-order valence-electron chi connectivity index (χ2n) is 3.38. The molecule has 0 atom stereocenters. The first-order chi connectivity index (χ1) is 8.08. The Morgan fingerprint density at radius 2 is 2.12 bits per heavy atom. The van der Waals surface area contributed by atoms with Gasteiger partial charge >= 0.3 is 0 Å². The van der Waals surface area contributed by atoms with E-state index in [0.717, 1.165) is 0 Å². The minimum absolute atomic E-state index is 0.0746. The molecule has 0 bridgehead atoms. The van der Waals surface area contributed by atoms with Crippen molar-refractivity contribution in [3.63, 3.8) is 0 Å². The largest absolute Gasteiger partial charge is 0.492 e. The molecule has 1 N–H and O–H groups in total. The Labute approximate surface area is 105 Å². The maximum atomic E-state index is 11.2. The van der Waals surface area contributed by atoms with Crippen LogP contribution in [0, 0.1) is 0 Å². The van der Waals surface area contributed by atoms with Gasteiger partial charge in [0.15, 0.2) is 5.78 Å². The summed E-state index contributed by atoms with van der Waals surface area (Å²) < 4.78 is 5.35. The molecule has 0 aromatic heterocycles. The predicted molar refractivity (Wildman–Crippen MR) is 67.0 cm³/mol. The maximum absolute atomic E-state index is 11.2. The first kappa shape index (κ1) is 13.5. The average Bonchev–Trinajstić information content (AvgIpc) is 2.31. The lowest BCUT2D eigenvalue weighted by Crippen LogP contribution is -2.14. The van der Waals surface area contributed by atoms with Gasteiger partial charge in [-0.1, -0.05) is 0 Å². The number of anilines is 1. The Balaban J connectivity index is 3.06. The van der Waals surface area contributed by atoms with E-state index in [1.807, 2.05) is 6.92 Å². The number of Topliss-reactive ketones (excluding diaryl/α,β-unsaturated/α-hetero) is 1. The van der Waals surface area contributed by atoms with E-state index in [0.29, 0.717) is 23.6 Å². The molecule has 1 rings (SSSR count). The molecule has 0 aliphatic heterocycles. The van der Waals surface area contributed by atoms with Gasteiger partial charge in [0.05, 0.1) is 12.3 Å². The Bertz CT molecular complexity index is 432. The molecule has 1 aromatic rings. The van der Waals surface area contributed by atoms with Crippen molar-refractivity contribution in [1.29, 1.82) is 0 Å². The van der Waals surface area contributed by atoms with Crippen LogP contribution >= 0.6 is 11.6 Å². The number of hydrogen-bond donors (Lipinski definition) is 1. The van der Waals surface area contributed by atoms with Gasteiger partial charge in [-0.2, -0.15) is 0 Å². The van der Waals surface area contributed by atoms with Crippen LogP contribution in [0.2, 0.25) is 0 Å². The van der Waals surface area contributed by atoms with Crippen molar-refractivity contribution in [2.24, 2.45) is 0 Å². The number of nitrogens with one attached hydrogen (secondary N) is 1. The molecule has 0 saturated carbocycles. The highest BCUT2D eigenvalue weighted by Gasteiger charge is 2.10. The Hall–Kier alpha value is -1.55. The Morgan fingerprint density at radius 1 is 1.41 bits per heavy atom. The summed E-state index contributed by atoms with van der Waals surface area (Å²) in [5.41, 5.74) is 0.975. The zero-order valence-corrected chi connectivity index (χ0v) is 10.5. The number of ether oxygens (including phenoxy) is 1. The number of halogens is 1. The van der Waals surface area contributed by atoms with Crippen molar-refractivity contribution in [1.82, 2.24) is 0 Å². The van der Waals surface area contributed by atoms with E-state index in [1.165, 1.54) is 6.92 Å². The lowest BCUT2D eigenvalue weighted by molar-refractivity contribution is -0.113. The van der Waals surface area contributed by atoms with Crippen molar-refractivity contribution in [3.8, 4) is 5.75 Å². The van der Waals surface area contributed by atoms with Gasteiger partial charge in [-0.25, -0.2) is 0 Å². The molecule has 1 aromatic carbocycles. The topological polar surface area (TPSA) is 55.4 Å². The number of carbonyl (C=O) groups is 2. The molecular formula is C12H14ClNO3. The van der Waals surface area contributed by atoms with E-state index < -0.39 is 0 Å². The van der Waals surface area contributed by atoms with Crippen molar-refractivity contribution in [2.75, 3.05) is 17.8 Å². The van der Waals surface area contributed by atoms with Gasteiger partial charge in [-0.3, -0.25) is 9.59 Å². The summed E-state index contributed by atoms with van der Waals surface area (Å²) in [7, 11) is 0. The molecular weight excluding hydrogens is 242 g/mol. The number of ketones is 1. The van der Waals surface area contributed by atoms with E-state index in [4.69, 9.17) is 16.3 Å². The smallest absolute Gasteiger partial charge is 0.239 e. The van der Waals surface area contributed by atoms with Crippen LogP contribution < -0.4 is 10.1 Å². The molecule has 5 heteroatoms. The molecule has 0 saturated heterocycles. The third kappa shape index (κ3) is 3.75.